The molecule has 0 spiro atoms. The van der Waals surface area contributed by atoms with Gasteiger partial charge in [0.1, 0.15) is 5.78 Å². The molecule has 1 radical (unpaired) electrons. The van der Waals surface area contributed by atoms with Crippen LogP contribution in [-0.2, 0) is 37.5 Å². The Labute approximate surface area is 129 Å². The predicted molar refractivity (Wildman–Crippen MR) is 65.3 cm³/mol. The Morgan fingerprint density at radius 2 is 2.24 bits per heavy atom. The van der Waals surface area contributed by atoms with E-state index in [0.717, 1.165) is 6.42 Å². The summed E-state index contributed by atoms with van der Waals surface area (Å²) in [4.78, 5) is 11.4. The van der Waals surface area contributed by atoms with Crippen molar-refractivity contribution < 1.29 is 37.5 Å². The summed E-state index contributed by atoms with van der Waals surface area (Å²) in [6.07, 6.45) is 8.00. The van der Waals surface area contributed by atoms with Crippen LogP contribution in [0.5, 0.6) is 0 Å². The van der Waals surface area contributed by atoms with Crippen LogP contribution in [0.25, 0.3) is 5.32 Å². The molecule has 2 rings (SSSR count). The molecule has 4 heteroatoms. The summed E-state index contributed by atoms with van der Waals surface area (Å²) >= 11 is 0. The molecule has 0 saturated heterocycles. The van der Waals surface area contributed by atoms with E-state index in [1.165, 1.54) is 31.3 Å². The van der Waals surface area contributed by atoms with Gasteiger partial charge in [-0.1, -0.05) is 24.8 Å². The third-order valence-electron chi connectivity index (χ3n) is 3.92. The first-order valence-corrected chi connectivity index (χ1v) is 6.29. The second kappa shape index (κ2) is 7.01. The first-order chi connectivity index (χ1) is 7.72. The number of nitrogens with zero attached hydrogens (tertiary/aromatic N) is 1. The number of hydrogen-bond donors (Lipinski definition) is 1. The van der Waals surface area contributed by atoms with E-state index in [4.69, 9.17) is 0 Å². The van der Waals surface area contributed by atoms with Crippen molar-refractivity contribution in [2.24, 2.45) is 5.92 Å². The average Bonchev–Trinajstić information content (AvgIpc) is 2.69. The largest absolute Gasteiger partial charge is 0.687 e. The second-order valence-electron chi connectivity index (χ2n) is 4.97. The average molecular weight is 310 g/mol. The Morgan fingerprint density at radius 1 is 1.53 bits per heavy atom. The van der Waals surface area contributed by atoms with E-state index in [2.05, 4.69) is 10.6 Å². The number of carbonyl (C=O) groups excluding carboxylic acids is 1. The van der Waals surface area contributed by atoms with Gasteiger partial charge in [-0.15, -0.1) is 6.04 Å². The minimum atomic E-state index is -0.0258. The van der Waals surface area contributed by atoms with Gasteiger partial charge in [0.15, 0.2) is 0 Å². The van der Waals surface area contributed by atoms with Gasteiger partial charge in [-0.3, -0.25) is 4.79 Å². The van der Waals surface area contributed by atoms with Crippen LogP contribution in [-0.4, -0.2) is 24.9 Å². The SMILES string of the molecule is CNC(CC1=C[N-]C2CCCCC12)C(C)=O.[Y]. The molecule has 3 nitrogen and oxygen atoms in total. The summed E-state index contributed by atoms with van der Waals surface area (Å²) in [5, 5.41) is 7.68. The number of likely N-dealkylation sites (N-methyl/N-ethyl adjacent to an activating group) is 1. The molecule has 1 aliphatic heterocycles. The van der Waals surface area contributed by atoms with E-state index in [-0.39, 0.29) is 44.5 Å². The molecule has 0 aromatic rings. The third-order valence-corrected chi connectivity index (χ3v) is 3.92. The minimum absolute atomic E-state index is 0. The van der Waals surface area contributed by atoms with E-state index >= 15 is 0 Å². The summed E-state index contributed by atoms with van der Waals surface area (Å²) in [7, 11) is 1.86. The number of nitrogens with one attached hydrogen (secondary N) is 1. The van der Waals surface area contributed by atoms with Crippen molar-refractivity contribution in [2.45, 2.75) is 51.1 Å². The zero-order valence-corrected chi connectivity index (χ0v) is 13.6. The van der Waals surface area contributed by atoms with Crippen molar-refractivity contribution in [3.8, 4) is 0 Å². The summed E-state index contributed by atoms with van der Waals surface area (Å²) in [5.41, 5.74) is 1.39. The molecule has 3 unspecified atom stereocenters. The fraction of sp³-hybridized carbons (Fsp3) is 0.769. The first kappa shape index (κ1) is 15.3. The topological polar surface area (TPSA) is 43.2 Å². The molecule has 0 aromatic carbocycles. The molecule has 93 valence electrons. The van der Waals surface area contributed by atoms with Crippen LogP contribution in [0, 0.1) is 5.92 Å². The maximum absolute atomic E-state index is 11.4. The number of carbonyl (C=O) groups is 1. The standard InChI is InChI=1S/C13H21N2O.Y/c1-9(16)13(14-2)7-10-8-15-12-6-4-3-5-11(10)12;/h8,11-14H,3-7H2,1-2H3;/q-1;. The van der Waals surface area contributed by atoms with E-state index in [0.29, 0.717) is 12.0 Å². The van der Waals surface area contributed by atoms with Crippen LogP contribution in [0.4, 0.5) is 0 Å². The Bertz CT molecular complexity index is 304. The maximum atomic E-state index is 11.4. The third kappa shape index (κ3) is 3.62. The van der Waals surface area contributed by atoms with Gasteiger partial charge in [0.05, 0.1) is 6.04 Å². The first-order valence-electron chi connectivity index (χ1n) is 6.29. The summed E-state index contributed by atoms with van der Waals surface area (Å²) in [5.74, 6) is 0.853. The Hall–Kier alpha value is 0.274. The van der Waals surface area contributed by atoms with Gasteiger partial charge in [-0.2, -0.15) is 6.20 Å². The maximum Gasteiger partial charge on any atom is 0.146 e. The molecule has 3 atom stereocenters. The molecular formula is C13H21N2OY-. The van der Waals surface area contributed by atoms with Gasteiger partial charge in [0.2, 0.25) is 0 Å². The molecule has 1 N–H and O–H groups in total. The van der Waals surface area contributed by atoms with Gasteiger partial charge >= 0.3 is 0 Å². The number of rotatable bonds is 4. The molecule has 0 amide bonds. The van der Waals surface area contributed by atoms with Gasteiger partial charge in [0.25, 0.3) is 0 Å². The summed E-state index contributed by atoms with van der Waals surface area (Å²) in [6, 6.07) is 0.496. The molecule has 0 aromatic heterocycles. The van der Waals surface area contributed by atoms with Gasteiger partial charge < -0.3 is 10.6 Å². The van der Waals surface area contributed by atoms with Gasteiger partial charge in [-0.25, -0.2) is 0 Å². The van der Waals surface area contributed by atoms with E-state index in [1.54, 1.807) is 6.92 Å². The van der Waals surface area contributed by atoms with Crippen molar-refractivity contribution in [2.75, 3.05) is 7.05 Å². The zero-order chi connectivity index (χ0) is 11.5. The molecule has 17 heavy (non-hydrogen) atoms. The van der Waals surface area contributed by atoms with Crippen LogP contribution in [0.1, 0.15) is 39.0 Å². The molecule has 1 heterocycles. The fourth-order valence-electron chi connectivity index (χ4n) is 2.90. The number of hydrogen-bond acceptors (Lipinski definition) is 2. The molecule has 2 aliphatic rings. The van der Waals surface area contributed by atoms with Crippen LogP contribution >= 0.6 is 0 Å². The molecule has 1 saturated carbocycles. The number of ketones is 1. The fourth-order valence-corrected chi connectivity index (χ4v) is 2.90. The van der Waals surface area contributed by atoms with Crippen LogP contribution in [0.3, 0.4) is 0 Å². The van der Waals surface area contributed by atoms with Crippen LogP contribution in [0.15, 0.2) is 11.8 Å². The summed E-state index contributed by atoms with van der Waals surface area (Å²) in [6.45, 7) is 1.66. The van der Waals surface area contributed by atoms with Gasteiger partial charge in [-0.05, 0) is 32.7 Å². The van der Waals surface area contributed by atoms with E-state index in [1.807, 2.05) is 13.2 Å². The van der Waals surface area contributed by atoms with Crippen molar-refractivity contribution in [1.29, 1.82) is 0 Å². The molecular weight excluding hydrogens is 289 g/mol. The molecule has 1 aliphatic carbocycles. The molecule has 1 fully saturated rings. The smallest absolute Gasteiger partial charge is 0.146 e. The van der Waals surface area contributed by atoms with Crippen LogP contribution in [0.2, 0.25) is 0 Å². The second-order valence-corrected chi connectivity index (χ2v) is 4.97. The normalized spacial score (nSPS) is 28.5. The quantitative estimate of drug-likeness (QED) is 0.866. The van der Waals surface area contributed by atoms with Crippen molar-refractivity contribution in [3.05, 3.63) is 17.1 Å². The minimum Gasteiger partial charge on any atom is -0.687 e. The zero-order valence-electron chi connectivity index (χ0n) is 10.8. The van der Waals surface area contributed by atoms with Gasteiger partial charge in [0, 0.05) is 32.7 Å². The number of Topliss-reactive ketones (excluding diaryl/α,β-unsaturated/α-hetero) is 1. The summed E-state index contributed by atoms with van der Waals surface area (Å²) < 4.78 is 0. The number of fused-ring (bicyclic) bond motifs is 1. The van der Waals surface area contributed by atoms with Crippen molar-refractivity contribution in [1.82, 2.24) is 5.32 Å². The van der Waals surface area contributed by atoms with Crippen LogP contribution < -0.4 is 5.32 Å². The Kier molecular flexibility index (Phi) is 6.32. The monoisotopic (exact) mass is 310 g/mol. The van der Waals surface area contributed by atoms with E-state index < -0.39 is 0 Å². The predicted octanol–water partition coefficient (Wildman–Crippen LogP) is 2.38. The Balaban J connectivity index is 0.00000144. The van der Waals surface area contributed by atoms with Crippen molar-refractivity contribution >= 4 is 5.78 Å². The van der Waals surface area contributed by atoms with Crippen molar-refractivity contribution in [3.63, 3.8) is 0 Å². The molecule has 0 bridgehead atoms. The Morgan fingerprint density at radius 3 is 2.88 bits per heavy atom. The van der Waals surface area contributed by atoms with E-state index in [9.17, 15) is 4.79 Å².